The zero-order chi connectivity index (χ0) is 29.7. The van der Waals surface area contributed by atoms with Crippen LogP contribution in [0.25, 0.3) is 10.6 Å². The Labute approximate surface area is 237 Å². The van der Waals surface area contributed by atoms with Crippen LogP contribution in [0.15, 0.2) is 42.5 Å². The van der Waals surface area contributed by atoms with Crippen LogP contribution in [0.5, 0.6) is 0 Å². The van der Waals surface area contributed by atoms with Gasteiger partial charge in [-0.15, -0.1) is 0 Å². The second-order valence-electron chi connectivity index (χ2n) is 11.0. The average Bonchev–Trinajstić information content (AvgIpc) is 3.26. The summed E-state index contributed by atoms with van der Waals surface area (Å²) in [4.78, 5) is 42.2. The first-order chi connectivity index (χ1) is 18.6. The number of aromatic nitrogens is 1. The number of carbonyl (C=O) groups excluding carboxylic acids is 3. The van der Waals surface area contributed by atoms with E-state index in [1.54, 1.807) is 78.9 Å². The number of hydrogen-bond donors (Lipinski definition) is 3. The molecular weight excluding hydrogens is 535 g/mol. The Kier molecular flexibility index (Phi) is 9.52. The molecule has 2 amide bonds. The van der Waals surface area contributed by atoms with Gasteiger partial charge in [0.2, 0.25) is 0 Å². The molecule has 9 nitrogen and oxygen atoms in total. The number of amides is 2. The molecule has 3 N–H and O–H groups in total. The standard InChI is InChI=1S/C29H35FN4O5S/c1-28(2,3)38-22(35)15-18-10-8-9-11-21(18)33-24(36)23-26(31-7)40-25(34-23)19-12-17(13-20(30)14-19)16-32-27(37)39-29(4,5)6/h8-14,31H,15-16H2,1-7H3,(H,32,37)(H,33,36). The number of anilines is 2. The molecule has 3 rings (SSSR count). The molecule has 0 saturated heterocycles. The molecule has 1 heterocycles. The number of ether oxygens (including phenoxy) is 2. The maximum atomic E-state index is 14.5. The van der Waals surface area contributed by atoms with E-state index in [0.29, 0.717) is 32.4 Å². The van der Waals surface area contributed by atoms with Crippen molar-refractivity contribution in [2.45, 2.75) is 65.7 Å². The largest absolute Gasteiger partial charge is 0.460 e. The Bertz CT molecular complexity index is 1390. The number of halogens is 1. The van der Waals surface area contributed by atoms with Gasteiger partial charge in [0.15, 0.2) is 5.69 Å². The monoisotopic (exact) mass is 570 g/mol. The van der Waals surface area contributed by atoms with E-state index in [9.17, 15) is 18.8 Å². The summed E-state index contributed by atoms with van der Waals surface area (Å²) in [5.41, 5.74) is 0.837. The third kappa shape index (κ3) is 9.04. The van der Waals surface area contributed by atoms with E-state index in [1.165, 1.54) is 23.5 Å². The fraction of sp³-hybridized carbons (Fsp3) is 0.379. The van der Waals surface area contributed by atoms with Crippen LogP contribution >= 0.6 is 11.3 Å². The molecule has 0 atom stereocenters. The lowest BCUT2D eigenvalue weighted by Gasteiger charge is -2.20. The van der Waals surface area contributed by atoms with Crippen LogP contribution in [0, 0.1) is 5.82 Å². The predicted octanol–water partition coefficient (Wildman–Crippen LogP) is 6.15. The highest BCUT2D eigenvalue weighted by Gasteiger charge is 2.22. The van der Waals surface area contributed by atoms with Gasteiger partial charge in [0, 0.05) is 24.8 Å². The van der Waals surface area contributed by atoms with Crippen molar-refractivity contribution < 1.29 is 28.2 Å². The second kappa shape index (κ2) is 12.5. The number of para-hydroxylation sites is 1. The van der Waals surface area contributed by atoms with Crippen LogP contribution in [0.4, 0.5) is 19.9 Å². The van der Waals surface area contributed by atoms with Gasteiger partial charge < -0.3 is 25.4 Å². The predicted molar refractivity (Wildman–Crippen MR) is 154 cm³/mol. The molecule has 0 spiro atoms. The van der Waals surface area contributed by atoms with Gasteiger partial charge in [0.25, 0.3) is 5.91 Å². The van der Waals surface area contributed by atoms with Gasteiger partial charge in [-0.1, -0.05) is 29.5 Å². The molecule has 0 aliphatic rings. The molecule has 3 aromatic rings. The van der Waals surface area contributed by atoms with Gasteiger partial charge in [0.05, 0.1) is 6.42 Å². The molecule has 0 saturated carbocycles. The highest BCUT2D eigenvalue weighted by Crippen LogP contribution is 2.33. The first kappa shape index (κ1) is 30.6. The topological polar surface area (TPSA) is 119 Å². The minimum Gasteiger partial charge on any atom is -0.460 e. The van der Waals surface area contributed by atoms with E-state index >= 15 is 0 Å². The highest BCUT2D eigenvalue weighted by molar-refractivity contribution is 7.19. The summed E-state index contributed by atoms with van der Waals surface area (Å²) >= 11 is 1.19. The number of nitrogens with one attached hydrogen (secondary N) is 3. The fourth-order valence-electron chi connectivity index (χ4n) is 3.64. The van der Waals surface area contributed by atoms with E-state index in [1.807, 2.05) is 0 Å². The molecule has 0 bridgehead atoms. The van der Waals surface area contributed by atoms with E-state index in [0.717, 1.165) is 0 Å². The molecule has 11 heteroatoms. The normalized spacial score (nSPS) is 11.5. The Morgan fingerprint density at radius 2 is 1.65 bits per heavy atom. The third-order valence-electron chi connectivity index (χ3n) is 5.13. The molecule has 0 aliphatic heterocycles. The molecular formula is C29H35FN4O5S. The molecule has 0 fully saturated rings. The van der Waals surface area contributed by atoms with Crippen molar-refractivity contribution in [3.05, 3.63) is 65.1 Å². The van der Waals surface area contributed by atoms with Crippen LogP contribution in [-0.2, 0) is 27.2 Å². The third-order valence-corrected chi connectivity index (χ3v) is 6.25. The smallest absolute Gasteiger partial charge is 0.407 e. The number of alkyl carbamates (subject to hydrolysis) is 1. The molecule has 214 valence electrons. The zero-order valence-corrected chi connectivity index (χ0v) is 24.5. The molecule has 40 heavy (non-hydrogen) atoms. The van der Waals surface area contributed by atoms with E-state index in [-0.39, 0.29) is 18.7 Å². The van der Waals surface area contributed by atoms with Crippen molar-refractivity contribution in [1.29, 1.82) is 0 Å². The average molecular weight is 571 g/mol. The van der Waals surface area contributed by atoms with Gasteiger partial charge in [-0.05, 0) is 76.9 Å². The number of hydrogen-bond acceptors (Lipinski definition) is 8. The van der Waals surface area contributed by atoms with E-state index < -0.39 is 35.0 Å². The SMILES string of the molecule is CNc1sc(-c2cc(F)cc(CNC(=O)OC(C)(C)C)c2)nc1C(=O)Nc1ccccc1CC(=O)OC(C)(C)C. The van der Waals surface area contributed by atoms with Crippen molar-refractivity contribution in [1.82, 2.24) is 10.3 Å². The first-order valence-electron chi connectivity index (χ1n) is 12.7. The van der Waals surface area contributed by atoms with Gasteiger partial charge in [-0.3, -0.25) is 9.59 Å². The van der Waals surface area contributed by atoms with E-state index in [4.69, 9.17) is 9.47 Å². The highest BCUT2D eigenvalue weighted by atomic mass is 32.1. The summed E-state index contributed by atoms with van der Waals surface area (Å²) in [6.07, 6.45) is -0.630. The number of carbonyl (C=O) groups is 3. The maximum absolute atomic E-state index is 14.5. The number of esters is 1. The maximum Gasteiger partial charge on any atom is 0.407 e. The lowest BCUT2D eigenvalue weighted by molar-refractivity contribution is -0.153. The summed E-state index contributed by atoms with van der Waals surface area (Å²) in [5, 5.41) is 9.30. The number of benzene rings is 2. The van der Waals surface area contributed by atoms with Crippen LogP contribution in [0.1, 0.15) is 63.2 Å². The quantitative estimate of drug-likeness (QED) is 0.278. The lowest BCUT2D eigenvalue weighted by Crippen LogP contribution is -2.32. The summed E-state index contributed by atoms with van der Waals surface area (Å²) in [6, 6.07) is 11.3. The van der Waals surface area contributed by atoms with Crippen LogP contribution in [0.2, 0.25) is 0 Å². The Balaban J connectivity index is 1.80. The van der Waals surface area contributed by atoms with Crippen LogP contribution < -0.4 is 16.0 Å². The number of rotatable bonds is 8. The minimum atomic E-state index is -0.658. The van der Waals surface area contributed by atoms with Crippen LogP contribution in [-0.4, -0.2) is 41.2 Å². The second-order valence-corrected chi connectivity index (χ2v) is 12.0. The summed E-state index contributed by atoms with van der Waals surface area (Å²) < 4.78 is 25.1. The fourth-order valence-corrected chi connectivity index (χ4v) is 4.55. The van der Waals surface area contributed by atoms with Gasteiger partial charge in [-0.2, -0.15) is 0 Å². The Morgan fingerprint density at radius 1 is 0.975 bits per heavy atom. The zero-order valence-electron chi connectivity index (χ0n) is 23.7. The van der Waals surface area contributed by atoms with E-state index in [2.05, 4.69) is 20.9 Å². The lowest BCUT2D eigenvalue weighted by atomic mass is 10.1. The number of nitrogens with zero attached hydrogens (tertiary/aromatic N) is 1. The molecule has 0 unspecified atom stereocenters. The number of thiazole rings is 1. The van der Waals surface area contributed by atoms with Crippen molar-refractivity contribution in [2.75, 3.05) is 17.7 Å². The Morgan fingerprint density at radius 3 is 2.30 bits per heavy atom. The van der Waals surface area contributed by atoms with Gasteiger partial charge >= 0.3 is 12.1 Å². The summed E-state index contributed by atoms with van der Waals surface area (Å²) in [7, 11) is 1.66. The Hall–Kier alpha value is -3.99. The first-order valence-corrected chi connectivity index (χ1v) is 13.5. The van der Waals surface area contributed by atoms with Gasteiger partial charge in [-0.25, -0.2) is 14.2 Å². The van der Waals surface area contributed by atoms with Gasteiger partial charge in [0.1, 0.15) is 27.0 Å². The summed E-state index contributed by atoms with van der Waals surface area (Å²) in [5.74, 6) is -1.42. The van der Waals surface area contributed by atoms with Crippen molar-refractivity contribution in [2.24, 2.45) is 0 Å². The summed E-state index contributed by atoms with van der Waals surface area (Å²) in [6.45, 7) is 10.7. The molecule has 0 radical (unpaired) electrons. The van der Waals surface area contributed by atoms with Crippen LogP contribution in [0.3, 0.4) is 0 Å². The van der Waals surface area contributed by atoms with Crippen molar-refractivity contribution in [3.8, 4) is 10.6 Å². The molecule has 1 aromatic heterocycles. The minimum absolute atomic E-state index is 0.0156. The molecule has 2 aromatic carbocycles. The van der Waals surface area contributed by atoms with Crippen molar-refractivity contribution in [3.63, 3.8) is 0 Å². The van der Waals surface area contributed by atoms with Crippen molar-refractivity contribution >= 4 is 40.0 Å². The molecule has 0 aliphatic carbocycles.